The molecule has 0 atom stereocenters. The highest BCUT2D eigenvalue weighted by Gasteiger charge is 2.14. The predicted molar refractivity (Wildman–Crippen MR) is 103 cm³/mol. The van der Waals surface area contributed by atoms with Crippen LogP contribution in [0.5, 0.6) is 0 Å². The van der Waals surface area contributed by atoms with Crippen molar-refractivity contribution in [1.29, 1.82) is 0 Å². The fraction of sp³-hybridized carbons (Fsp3) is 0.316. The fourth-order valence-electron chi connectivity index (χ4n) is 2.45. The third kappa shape index (κ3) is 4.95. The van der Waals surface area contributed by atoms with Gasteiger partial charge in [0.25, 0.3) is 0 Å². The molecule has 138 valence electrons. The number of esters is 1. The molecule has 1 aromatic carbocycles. The first-order valence-corrected chi connectivity index (χ1v) is 8.78. The second kappa shape index (κ2) is 9.20. The zero-order chi connectivity index (χ0) is 19.1. The maximum atomic E-state index is 12.1. The first-order valence-electron chi connectivity index (χ1n) is 8.40. The highest BCUT2D eigenvalue weighted by atomic mass is 35.5. The first kappa shape index (κ1) is 19.7. The summed E-state index contributed by atoms with van der Waals surface area (Å²) in [4.78, 5) is 28.0. The Morgan fingerprint density at radius 2 is 1.92 bits per heavy atom. The number of benzene rings is 1. The van der Waals surface area contributed by atoms with Crippen LogP contribution in [0.2, 0.25) is 5.02 Å². The molecule has 7 heteroatoms. The largest absolute Gasteiger partial charge is 0.465 e. The van der Waals surface area contributed by atoms with Crippen LogP contribution < -0.4 is 10.6 Å². The van der Waals surface area contributed by atoms with Gasteiger partial charge in [0.05, 0.1) is 35.3 Å². The molecular formula is C19H22ClN3O3. The Morgan fingerprint density at radius 3 is 2.50 bits per heavy atom. The lowest BCUT2D eigenvalue weighted by Gasteiger charge is -2.13. The number of nitrogens with one attached hydrogen (secondary N) is 2. The maximum Gasteiger partial charge on any atom is 0.337 e. The number of ether oxygens (including phenoxy) is 1. The van der Waals surface area contributed by atoms with Crippen LogP contribution in [0.25, 0.3) is 0 Å². The molecule has 0 bridgehead atoms. The number of methoxy groups -OCH3 is 1. The van der Waals surface area contributed by atoms with E-state index in [1.54, 1.807) is 36.5 Å². The second-order valence-electron chi connectivity index (χ2n) is 5.75. The van der Waals surface area contributed by atoms with Gasteiger partial charge in [0.2, 0.25) is 5.91 Å². The lowest BCUT2D eigenvalue weighted by molar-refractivity contribution is -0.120. The number of pyridine rings is 1. The summed E-state index contributed by atoms with van der Waals surface area (Å²) in [7, 11) is 1.32. The van der Waals surface area contributed by atoms with E-state index in [9.17, 15) is 9.59 Å². The van der Waals surface area contributed by atoms with E-state index in [1.807, 2.05) is 13.8 Å². The molecule has 1 aromatic heterocycles. The number of aromatic nitrogens is 1. The zero-order valence-corrected chi connectivity index (χ0v) is 15.8. The number of amides is 1. The Balaban J connectivity index is 2.10. The fourth-order valence-corrected chi connectivity index (χ4v) is 2.61. The van der Waals surface area contributed by atoms with Crippen molar-refractivity contribution in [3.63, 3.8) is 0 Å². The number of carbonyl (C=O) groups excluding carboxylic acids is 2. The molecule has 0 spiro atoms. The van der Waals surface area contributed by atoms with Crippen molar-refractivity contribution >= 4 is 40.7 Å². The van der Waals surface area contributed by atoms with Crippen LogP contribution in [0.15, 0.2) is 36.5 Å². The van der Waals surface area contributed by atoms with Gasteiger partial charge in [-0.05, 0) is 43.2 Å². The summed E-state index contributed by atoms with van der Waals surface area (Å²) in [5, 5.41) is 6.36. The summed E-state index contributed by atoms with van der Waals surface area (Å²) in [5.41, 5.74) is 1.55. The molecule has 2 aromatic rings. The van der Waals surface area contributed by atoms with Crippen molar-refractivity contribution < 1.29 is 14.3 Å². The minimum absolute atomic E-state index is 0.00679. The lowest BCUT2D eigenvalue weighted by atomic mass is 10.0. The van der Waals surface area contributed by atoms with E-state index in [1.165, 1.54) is 7.11 Å². The van der Waals surface area contributed by atoms with E-state index in [2.05, 4.69) is 15.6 Å². The van der Waals surface area contributed by atoms with Crippen LogP contribution in [0.4, 0.5) is 17.2 Å². The summed E-state index contributed by atoms with van der Waals surface area (Å²) in [5.74, 6) is 0.0746. The summed E-state index contributed by atoms with van der Waals surface area (Å²) >= 11 is 6.16. The Kier molecular flexibility index (Phi) is 6.97. The molecule has 0 saturated heterocycles. The van der Waals surface area contributed by atoms with Gasteiger partial charge in [-0.2, -0.15) is 0 Å². The number of carbonyl (C=O) groups is 2. The molecule has 1 amide bonds. The summed E-state index contributed by atoms with van der Waals surface area (Å²) < 4.78 is 4.71. The van der Waals surface area contributed by atoms with E-state index in [0.717, 1.165) is 12.8 Å². The minimum Gasteiger partial charge on any atom is -0.465 e. The summed E-state index contributed by atoms with van der Waals surface area (Å²) in [6.45, 7) is 3.98. The normalized spacial score (nSPS) is 10.5. The van der Waals surface area contributed by atoms with Gasteiger partial charge in [0, 0.05) is 5.92 Å². The zero-order valence-electron chi connectivity index (χ0n) is 15.0. The molecule has 6 nitrogen and oxygen atoms in total. The Hall–Kier alpha value is -2.60. The second-order valence-corrected chi connectivity index (χ2v) is 6.15. The Labute approximate surface area is 157 Å². The van der Waals surface area contributed by atoms with E-state index < -0.39 is 5.97 Å². The van der Waals surface area contributed by atoms with Crippen LogP contribution >= 0.6 is 11.6 Å². The van der Waals surface area contributed by atoms with E-state index in [4.69, 9.17) is 16.3 Å². The van der Waals surface area contributed by atoms with Gasteiger partial charge in [-0.3, -0.25) is 4.79 Å². The number of anilines is 3. The standard InChI is InChI=1S/C19H22ClN3O3/c1-4-12(5-2)18(24)22-14-7-9-17(21-11-14)23-16-10-13(19(25)26-3)6-8-15(16)20/h6-12H,4-5H2,1-3H3,(H,21,23)(H,22,24). The van der Waals surface area contributed by atoms with Crippen molar-refractivity contribution in [2.24, 2.45) is 5.92 Å². The average molecular weight is 376 g/mol. The highest BCUT2D eigenvalue weighted by molar-refractivity contribution is 6.33. The van der Waals surface area contributed by atoms with Crippen LogP contribution in [0, 0.1) is 5.92 Å². The number of hydrogen-bond donors (Lipinski definition) is 2. The van der Waals surface area contributed by atoms with Crippen LogP contribution in [-0.2, 0) is 9.53 Å². The van der Waals surface area contributed by atoms with Gasteiger partial charge < -0.3 is 15.4 Å². The molecule has 26 heavy (non-hydrogen) atoms. The lowest BCUT2D eigenvalue weighted by Crippen LogP contribution is -2.21. The molecule has 0 aliphatic heterocycles. The van der Waals surface area contributed by atoms with Crippen LogP contribution in [0.1, 0.15) is 37.0 Å². The van der Waals surface area contributed by atoms with Crippen molar-refractivity contribution in [1.82, 2.24) is 4.98 Å². The van der Waals surface area contributed by atoms with Crippen LogP contribution in [-0.4, -0.2) is 24.0 Å². The first-order chi connectivity index (χ1) is 12.5. The molecular weight excluding hydrogens is 354 g/mol. The monoisotopic (exact) mass is 375 g/mol. The number of rotatable bonds is 7. The quantitative estimate of drug-likeness (QED) is 0.689. The molecule has 2 rings (SSSR count). The van der Waals surface area contributed by atoms with Crippen molar-refractivity contribution in [3.05, 3.63) is 47.1 Å². The SMILES string of the molecule is CCC(CC)C(=O)Nc1ccc(Nc2cc(C(=O)OC)ccc2Cl)nc1. The van der Waals surface area contributed by atoms with Gasteiger partial charge >= 0.3 is 5.97 Å². The molecule has 2 N–H and O–H groups in total. The minimum atomic E-state index is -0.447. The summed E-state index contributed by atoms with van der Waals surface area (Å²) in [6.07, 6.45) is 3.16. The maximum absolute atomic E-state index is 12.1. The topological polar surface area (TPSA) is 80.3 Å². The van der Waals surface area contributed by atoms with Crippen molar-refractivity contribution in [2.75, 3.05) is 17.7 Å². The smallest absolute Gasteiger partial charge is 0.337 e. The molecule has 0 saturated carbocycles. The van der Waals surface area contributed by atoms with Gasteiger partial charge in [-0.25, -0.2) is 9.78 Å². The van der Waals surface area contributed by atoms with E-state index >= 15 is 0 Å². The molecule has 0 fully saturated rings. The van der Waals surface area contributed by atoms with E-state index in [0.29, 0.717) is 27.8 Å². The van der Waals surface area contributed by atoms with Gasteiger partial charge in [0.1, 0.15) is 5.82 Å². The average Bonchev–Trinajstić information content (AvgIpc) is 2.65. The summed E-state index contributed by atoms with van der Waals surface area (Å²) in [6, 6.07) is 8.28. The van der Waals surface area contributed by atoms with Gasteiger partial charge in [-0.15, -0.1) is 0 Å². The molecule has 0 aliphatic rings. The molecule has 1 heterocycles. The van der Waals surface area contributed by atoms with Crippen molar-refractivity contribution in [2.45, 2.75) is 26.7 Å². The van der Waals surface area contributed by atoms with E-state index in [-0.39, 0.29) is 11.8 Å². The highest BCUT2D eigenvalue weighted by Crippen LogP contribution is 2.26. The molecule has 0 radical (unpaired) electrons. The van der Waals surface area contributed by atoms with Crippen LogP contribution in [0.3, 0.4) is 0 Å². The third-order valence-electron chi connectivity index (χ3n) is 4.04. The number of halogens is 1. The third-order valence-corrected chi connectivity index (χ3v) is 4.37. The Bertz CT molecular complexity index is 774. The van der Waals surface area contributed by atoms with Gasteiger partial charge in [0.15, 0.2) is 0 Å². The predicted octanol–water partition coefficient (Wildman–Crippen LogP) is 4.64. The van der Waals surface area contributed by atoms with Gasteiger partial charge in [-0.1, -0.05) is 25.4 Å². The number of hydrogen-bond acceptors (Lipinski definition) is 5. The molecule has 0 aliphatic carbocycles. The van der Waals surface area contributed by atoms with Crippen molar-refractivity contribution in [3.8, 4) is 0 Å². The Morgan fingerprint density at radius 1 is 1.19 bits per heavy atom. The number of nitrogens with zero attached hydrogens (tertiary/aromatic N) is 1. The molecule has 0 unspecified atom stereocenters.